The second-order valence-corrected chi connectivity index (χ2v) is 37.9. The molecule has 0 saturated carbocycles. The quantitative estimate of drug-likeness (QED) is 0.0336. The van der Waals surface area contributed by atoms with E-state index in [1.165, 1.54) is 79.4 Å². The Bertz CT molecular complexity index is 5700. The third kappa shape index (κ3) is 35.6. The van der Waals surface area contributed by atoms with Crippen molar-refractivity contribution in [2.75, 3.05) is 0 Å². The Kier molecular flexibility index (Phi) is 42.9. The molecule has 0 N–H and O–H groups in total. The van der Waals surface area contributed by atoms with Crippen molar-refractivity contribution in [3.05, 3.63) is 402 Å². The zero-order chi connectivity index (χ0) is 92.4. The molecule has 7 heterocycles. The van der Waals surface area contributed by atoms with E-state index >= 15 is 0 Å². The number of aryl methyl sites for hydroxylation is 7. The third-order valence-electron chi connectivity index (χ3n) is 19.2. The molecule has 0 atom stereocenters. The first kappa shape index (κ1) is 102. The van der Waals surface area contributed by atoms with Gasteiger partial charge < -0.3 is 0 Å². The molecule has 0 aliphatic heterocycles. The van der Waals surface area contributed by atoms with Crippen LogP contribution < -0.4 is 0 Å². The lowest BCUT2D eigenvalue weighted by Crippen LogP contribution is -2.04. The molecule has 14 nitrogen and oxygen atoms in total. The number of hydrogen-bond donors (Lipinski definition) is 0. The summed E-state index contributed by atoms with van der Waals surface area (Å²) in [5.41, 5.74) is 10.1. The molecule has 0 unspecified atom stereocenters. The Morgan fingerprint density at radius 1 is 0.211 bits per heavy atom. The number of Topliss-reactive ketones (excluding diaryl/α,β-unsaturated/α-hetero) is 14. The topological polar surface area (TPSA) is 239 Å². The van der Waals surface area contributed by atoms with Gasteiger partial charge >= 0.3 is 0 Å². The van der Waals surface area contributed by atoms with E-state index in [1.54, 1.807) is 91.0 Å². The van der Waals surface area contributed by atoms with Crippen LogP contribution in [0.25, 0.3) is 0 Å². The van der Waals surface area contributed by atoms with Crippen molar-refractivity contribution in [3.63, 3.8) is 0 Å². The third-order valence-corrected chi connectivity index (χ3v) is 26.7. The van der Waals surface area contributed by atoms with Crippen molar-refractivity contribution in [2.45, 2.75) is 138 Å². The van der Waals surface area contributed by atoms with Crippen molar-refractivity contribution in [1.29, 1.82) is 0 Å². The summed E-state index contributed by atoms with van der Waals surface area (Å²) < 4.78 is 0.591. The van der Waals surface area contributed by atoms with Gasteiger partial charge in [0.1, 0.15) is 0 Å². The van der Waals surface area contributed by atoms with E-state index in [9.17, 15) is 67.1 Å². The fourth-order valence-electron chi connectivity index (χ4n) is 11.9. The predicted octanol–water partition coefficient (Wildman–Crippen LogP) is 28.6. The van der Waals surface area contributed by atoms with Crippen LogP contribution in [0.3, 0.4) is 0 Å². The van der Waals surface area contributed by atoms with Gasteiger partial charge in [0, 0.05) is 139 Å². The van der Waals surface area contributed by atoms with E-state index in [-0.39, 0.29) is 171 Å². The molecule has 0 bridgehead atoms. The highest BCUT2D eigenvalue weighted by molar-refractivity contribution is 7.18. The van der Waals surface area contributed by atoms with E-state index < -0.39 is 0 Å². The normalized spacial score (nSPS) is 10.3. The highest BCUT2D eigenvalue weighted by atomic mass is 35.5. The maximum atomic E-state index is 11.9. The predicted molar refractivity (Wildman–Crippen MR) is 524 cm³/mol. The van der Waals surface area contributed by atoms with Crippen LogP contribution in [0.1, 0.15) is 268 Å². The first-order valence-electron chi connectivity index (χ1n) is 41.1. The van der Waals surface area contributed by atoms with Crippen LogP contribution in [0, 0.1) is 48.5 Å². The number of carbonyl (C=O) groups is 14. The minimum absolute atomic E-state index is 0.00370. The number of rotatable bonds is 35. The number of hydrogen-bond acceptors (Lipinski definition) is 21. The molecule has 0 amide bonds. The molecule has 23 heteroatoms. The minimum Gasteiger partial charge on any atom is -0.294 e. The van der Waals surface area contributed by atoms with Gasteiger partial charge in [0.2, 0.25) is 0 Å². The van der Waals surface area contributed by atoms with Gasteiger partial charge in [-0.1, -0.05) is 234 Å². The van der Waals surface area contributed by atoms with Gasteiger partial charge in [0.05, 0.1) is 43.5 Å². The molecule has 0 aliphatic rings. The van der Waals surface area contributed by atoms with Gasteiger partial charge in [-0.15, -0.1) is 79.4 Å². The maximum Gasteiger partial charge on any atom is 0.173 e. The second kappa shape index (κ2) is 53.9. The SMILES string of the molecule is Cc1ccc(C(=O)CCC(=O)c2ccc(C)s2)cc1.Cc1ccc(C(=O)CCC(=O)c2ccc(Cl)s2)cc1.Cc1ccc(C(=O)CCC(=O)c2ccccc2)s1.Cc1ccc(C(=O)CCC(=O)c2cccs2)cc1.Cc1ccc(C(=O)CCC(=O)c2cccs2)cc1.Cc1csc(C(=O)CCC(=O)c2ccccc2)c1.O=C(CCC(=O)c1ccccc1Cl)c1cccs1. The van der Waals surface area contributed by atoms with Crippen LogP contribution in [0.5, 0.6) is 0 Å². The lowest BCUT2D eigenvalue weighted by Gasteiger charge is -2.02. The molecule has 14 rings (SSSR count). The molecule has 656 valence electrons. The molecule has 0 saturated heterocycles. The van der Waals surface area contributed by atoms with Gasteiger partial charge in [0.15, 0.2) is 81.0 Å². The smallest absolute Gasteiger partial charge is 0.173 e. The molecule has 128 heavy (non-hydrogen) atoms. The average Bonchev–Trinajstić information content (AvgIpc) is 1.59. The van der Waals surface area contributed by atoms with Gasteiger partial charge in [-0.2, -0.15) is 0 Å². The summed E-state index contributed by atoms with van der Waals surface area (Å²) in [5.74, 6) is 0.268. The maximum absolute atomic E-state index is 11.9. The van der Waals surface area contributed by atoms with Gasteiger partial charge in [-0.25, -0.2) is 0 Å². The number of halogens is 2. The second-order valence-electron chi connectivity index (χ2n) is 29.4. The zero-order valence-electron chi connectivity index (χ0n) is 71.9. The number of carbonyl (C=O) groups excluding carboxylic acids is 14. The Morgan fingerprint density at radius 2 is 0.469 bits per heavy atom. The van der Waals surface area contributed by atoms with E-state index in [0.29, 0.717) is 58.1 Å². The molecule has 0 radical (unpaired) electrons. The van der Waals surface area contributed by atoms with Crippen molar-refractivity contribution < 1.29 is 67.1 Å². The van der Waals surface area contributed by atoms with Gasteiger partial charge in [0.25, 0.3) is 0 Å². The number of thiophene rings is 7. The molecule has 0 aliphatic carbocycles. The fourth-order valence-corrected chi connectivity index (χ4v) is 17.7. The van der Waals surface area contributed by atoms with E-state index in [4.69, 9.17) is 23.2 Å². The van der Waals surface area contributed by atoms with Crippen molar-refractivity contribution in [1.82, 2.24) is 0 Å². The highest BCUT2D eigenvalue weighted by Gasteiger charge is 2.20. The Morgan fingerprint density at radius 3 is 0.727 bits per heavy atom. The summed E-state index contributed by atoms with van der Waals surface area (Å²) in [6, 6.07) is 78.5. The van der Waals surface area contributed by atoms with Crippen LogP contribution in [0.2, 0.25) is 9.36 Å². The van der Waals surface area contributed by atoms with Gasteiger partial charge in [-0.05, 0) is 148 Å². The van der Waals surface area contributed by atoms with Gasteiger partial charge in [-0.3, -0.25) is 67.1 Å². The molecule has 0 fully saturated rings. The van der Waals surface area contributed by atoms with E-state index in [0.717, 1.165) is 62.0 Å². The summed E-state index contributed by atoms with van der Waals surface area (Å²) in [4.78, 5) is 173. The Labute approximate surface area is 784 Å². The van der Waals surface area contributed by atoms with Crippen LogP contribution in [0.4, 0.5) is 0 Å². The highest BCUT2D eigenvalue weighted by Crippen LogP contribution is 2.27. The van der Waals surface area contributed by atoms with Crippen LogP contribution in [-0.2, 0) is 0 Å². The molecule has 0 spiro atoms. The monoisotopic (exact) mass is 1870 g/mol. The van der Waals surface area contributed by atoms with E-state index in [2.05, 4.69) is 0 Å². The minimum atomic E-state index is -0.0921. The lowest BCUT2D eigenvalue weighted by molar-refractivity contribution is 0.0919. The van der Waals surface area contributed by atoms with E-state index in [1.807, 2.05) is 240 Å². The van der Waals surface area contributed by atoms with Crippen LogP contribution in [-0.4, -0.2) is 81.0 Å². The largest absolute Gasteiger partial charge is 0.294 e. The number of benzene rings is 7. The summed E-state index contributed by atoms with van der Waals surface area (Å²) >= 11 is 21.6. The standard InChI is InChI=1S/C16H16O2S.C15H13ClO2S.4C15H14O2S.C14H11ClO2S/c1-11-3-6-13(7-4-11)14(17)8-9-15(18)16-10-5-12(2)19-16;1-10-2-4-11(5-3-10)12(17)6-7-13(18)14-8-9-15(16)19-14;2*1-11-4-6-12(7-5-11)13(16)8-9-14(17)15-3-2-10-18-15;1-11-7-10-15(18-11)14(17)9-8-13(16)12-5-3-2-4-6-12;1-11-9-15(18-10-11)14(17)8-7-13(16)12-5-3-2-4-6-12;15-11-5-2-1-4-10(11)12(16)7-8-13(17)14-6-3-9-18-14/h3-7,10H,8-9H2,1-2H3;2-5,8-9H,6-7H2,1H3;3*2-7,10H,8-9H2,1H3;2-6,9-10H,7-8H2,1H3;1-6,9H,7-8H2. The molecular weight excluding hydrogens is 1780 g/mol. The lowest BCUT2D eigenvalue weighted by atomic mass is 10.0. The van der Waals surface area contributed by atoms with Crippen LogP contribution >= 0.6 is 103 Å². The first-order chi connectivity index (χ1) is 61.5. The van der Waals surface area contributed by atoms with Crippen LogP contribution in [0.15, 0.2) is 282 Å². The summed E-state index contributed by atoms with van der Waals surface area (Å²) in [6.07, 6.45) is 3.69. The summed E-state index contributed by atoms with van der Waals surface area (Å²) in [7, 11) is 0. The average molecular weight is 1880 g/mol. The molecule has 7 aromatic carbocycles. The molecule has 7 aromatic heterocycles. The fraction of sp³-hybridized carbons (Fsp3) is 0.200. The van der Waals surface area contributed by atoms with Crippen molar-refractivity contribution >= 4 is 184 Å². The first-order valence-corrected chi connectivity index (χ1v) is 47.8. The number of ketones is 14. The molecule has 14 aromatic rings. The molecular formula is C105H96Cl2O14S7. The summed E-state index contributed by atoms with van der Waals surface area (Å²) in [5, 5.41) is 7.98. The van der Waals surface area contributed by atoms with Crippen molar-refractivity contribution in [3.8, 4) is 0 Å². The van der Waals surface area contributed by atoms with Crippen molar-refractivity contribution in [2.24, 2.45) is 0 Å². The summed E-state index contributed by atoms with van der Waals surface area (Å²) in [6.45, 7) is 13.8. The Balaban J connectivity index is 0.000000185. The zero-order valence-corrected chi connectivity index (χ0v) is 79.1. The Hall–Kier alpha value is -11.6.